The van der Waals surface area contributed by atoms with Crippen molar-refractivity contribution in [3.05, 3.63) is 70.3 Å². The van der Waals surface area contributed by atoms with Gasteiger partial charge in [0.25, 0.3) is 5.91 Å². The number of aliphatic hydroxyl groups excluding tert-OH is 1. The van der Waals surface area contributed by atoms with Crippen LogP contribution in [0.4, 0.5) is 5.69 Å². The van der Waals surface area contributed by atoms with E-state index in [0.717, 1.165) is 49.4 Å². The number of nitrogens with one attached hydrogen (secondary N) is 1. The minimum absolute atomic E-state index is 0.0993. The van der Waals surface area contributed by atoms with E-state index in [1.165, 1.54) is 11.1 Å². The fraction of sp³-hybridized carbons (Fsp3) is 0.500. The highest BCUT2D eigenvalue weighted by Gasteiger charge is 2.44. The summed E-state index contributed by atoms with van der Waals surface area (Å²) in [6.07, 6.45) is 7.93. The Bertz CT molecular complexity index is 1430. The van der Waals surface area contributed by atoms with Crippen LogP contribution < -0.4 is 14.4 Å². The summed E-state index contributed by atoms with van der Waals surface area (Å²) < 4.78 is 34.5. The van der Waals surface area contributed by atoms with Crippen LogP contribution in [-0.4, -0.2) is 50.5 Å². The maximum Gasteiger partial charge on any atom is 0.264 e. The Labute approximate surface area is 235 Å². The molecule has 5 atom stereocenters. The Morgan fingerprint density at radius 1 is 1.18 bits per heavy atom. The van der Waals surface area contributed by atoms with Crippen LogP contribution in [-0.2, 0) is 21.9 Å². The Balaban J connectivity index is 1.43. The molecule has 1 saturated carbocycles. The molecule has 4 aliphatic rings. The van der Waals surface area contributed by atoms with E-state index in [0.29, 0.717) is 18.9 Å². The number of rotatable bonds is 0. The molecule has 0 radical (unpaired) electrons. The molecule has 2 bridgehead atoms. The van der Waals surface area contributed by atoms with Crippen molar-refractivity contribution in [1.82, 2.24) is 4.72 Å². The quantitative estimate of drug-likeness (QED) is 0.449. The first kappa shape index (κ1) is 26.7. The zero-order valence-electron chi connectivity index (χ0n) is 22.1. The number of amides is 1. The summed E-state index contributed by atoms with van der Waals surface area (Å²) in [4.78, 5) is 15.4. The summed E-state index contributed by atoms with van der Waals surface area (Å²) in [5.41, 5.74) is 3.33. The topological polar surface area (TPSA) is 95.9 Å². The third-order valence-electron chi connectivity index (χ3n) is 9.24. The van der Waals surface area contributed by atoms with Crippen molar-refractivity contribution >= 4 is 33.2 Å². The number of benzene rings is 2. The van der Waals surface area contributed by atoms with Crippen molar-refractivity contribution in [2.24, 2.45) is 11.8 Å². The largest absolute Gasteiger partial charge is 0.490 e. The standard InChI is InChI=1S/C30H35ClN2O5S/c1-19-4-2-6-27(34)24-10-7-22(24)16-33-17-30(13-3-5-20-14-23(31)9-11-25(20)30)18-38-28-12-8-21(15-26(28)33)29(35)32-39(19,36)37/h2,6,8-9,11-12,14-15,19,22,24,27,34H,3-5,7,10,13,16-18H2,1H3,(H,32,35)/b6-2-/t19-,22-,24+,27-,30-/m0/s1. The summed E-state index contributed by atoms with van der Waals surface area (Å²) in [5, 5.41) is 10.9. The Kier molecular flexibility index (Phi) is 6.92. The minimum Gasteiger partial charge on any atom is -0.490 e. The van der Waals surface area contributed by atoms with Gasteiger partial charge in [0.15, 0.2) is 0 Å². The van der Waals surface area contributed by atoms with E-state index in [-0.39, 0.29) is 29.2 Å². The molecule has 39 heavy (non-hydrogen) atoms. The van der Waals surface area contributed by atoms with Crippen molar-refractivity contribution in [3.63, 3.8) is 0 Å². The van der Waals surface area contributed by atoms with Crippen LogP contribution in [0.5, 0.6) is 5.75 Å². The smallest absolute Gasteiger partial charge is 0.264 e. The predicted molar refractivity (Wildman–Crippen MR) is 152 cm³/mol. The first-order valence-electron chi connectivity index (χ1n) is 13.9. The lowest BCUT2D eigenvalue weighted by molar-refractivity contribution is 0.0456. The second-order valence-electron chi connectivity index (χ2n) is 11.7. The average molecular weight is 571 g/mol. The molecular weight excluding hydrogens is 536 g/mol. The molecule has 2 aliphatic heterocycles. The van der Waals surface area contributed by atoms with Gasteiger partial charge < -0.3 is 14.7 Å². The lowest BCUT2D eigenvalue weighted by Gasteiger charge is -2.45. The highest BCUT2D eigenvalue weighted by molar-refractivity contribution is 7.90. The van der Waals surface area contributed by atoms with Gasteiger partial charge in [0.05, 0.1) is 23.6 Å². The predicted octanol–water partition coefficient (Wildman–Crippen LogP) is 4.61. The number of sulfonamides is 1. The van der Waals surface area contributed by atoms with Gasteiger partial charge in [-0.25, -0.2) is 13.1 Å². The molecule has 2 aliphatic carbocycles. The highest BCUT2D eigenvalue weighted by Crippen LogP contribution is 2.46. The molecule has 208 valence electrons. The van der Waals surface area contributed by atoms with Gasteiger partial charge in [-0.3, -0.25) is 4.79 Å². The normalized spacial score (nSPS) is 32.7. The number of carbonyl (C=O) groups excluding carboxylic acids is 1. The molecule has 1 fully saturated rings. The van der Waals surface area contributed by atoms with E-state index in [1.54, 1.807) is 37.3 Å². The summed E-state index contributed by atoms with van der Waals surface area (Å²) in [5.74, 6) is 0.398. The summed E-state index contributed by atoms with van der Waals surface area (Å²) in [6.45, 7) is 3.49. The molecule has 1 spiro atoms. The number of aryl methyl sites for hydroxylation is 1. The zero-order chi connectivity index (χ0) is 27.4. The van der Waals surface area contributed by atoms with E-state index in [2.05, 4.69) is 21.8 Å². The molecule has 2 aromatic rings. The zero-order valence-corrected chi connectivity index (χ0v) is 23.7. The number of fused-ring (bicyclic) bond motifs is 4. The number of aliphatic hydroxyl groups is 1. The minimum atomic E-state index is -3.90. The van der Waals surface area contributed by atoms with Gasteiger partial charge in [0, 0.05) is 29.1 Å². The van der Waals surface area contributed by atoms with Crippen LogP contribution in [0.15, 0.2) is 48.6 Å². The summed E-state index contributed by atoms with van der Waals surface area (Å²) in [6, 6.07) is 11.3. The molecule has 2 heterocycles. The maximum absolute atomic E-state index is 13.1. The third kappa shape index (κ3) is 4.96. The molecule has 0 aromatic heterocycles. The van der Waals surface area contributed by atoms with Crippen LogP contribution in [0.25, 0.3) is 0 Å². The first-order valence-corrected chi connectivity index (χ1v) is 15.8. The third-order valence-corrected chi connectivity index (χ3v) is 11.2. The highest BCUT2D eigenvalue weighted by atomic mass is 35.5. The molecule has 2 N–H and O–H groups in total. The van der Waals surface area contributed by atoms with Gasteiger partial charge in [0.1, 0.15) is 5.75 Å². The number of hydrogen-bond donors (Lipinski definition) is 2. The molecule has 7 nitrogen and oxygen atoms in total. The molecule has 0 saturated heterocycles. The second-order valence-corrected chi connectivity index (χ2v) is 14.3. The van der Waals surface area contributed by atoms with E-state index >= 15 is 0 Å². The van der Waals surface area contributed by atoms with Gasteiger partial charge in [-0.15, -0.1) is 0 Å². The summed E-state index contributed by atoms with van der Waals surface area (Å²) >= 11 is 6.36. The average Bonchev–Trinajstić information content (AvgIpc) is 3.02. The number of hydrogen-bond acceptors (Lipinski definition) is 6. The van der Waals surface area contributed by atoms with Crippen LogP contribution in [0.3, 0.4) is 0 Å². The Hall–Kier alpha value is -2.55. The first-order chi connectivity index (χ1) is 18.6. The van der Waals surface area contributed by atoms with Crippen LogP contribution in [0.2, 0.25) is 5.02 Å². The van der Waals surface area contributed by atoms with Crippen molar-refractivity contribution < 1.29 is 23.1 Å². The van der Waals surface area contributed by atoms with Gasteiger partial charge in [-0.05, 0) is 98.7 Å². The fourth-order valence-corrected chi connectivity index (χ4v) is 7.91. The van der Waals surface area contributed by atoms with Gasteiger partial charge in [0.2, 0.25) is 10.0 Å². The van der Waals surface area contributed by atoms with Crippen molar-refractivity contribution in [1.29, 1.82) is 0 Å². The number of ether oxygens (including phenoxy) is 1. The second kappa shape index (κ2) is 10.1. The summed E-state index contributed by atoms with van der Waals surface area (Å²) in [7, 11) is -3.90. The van der Waals surface area contributed by atoms with Gasteiger partial charge in [-0.1, -0.05) is 29.8 Å². The van der Waals surface area contributed by atoms with Crippen LogP contribution in [0, 0.1) is 11.8 Å². The van der Waals surface area contributed by atoms with Gasteiger partial charge in [-0.2, -0.15) is 0 Å². The Morgan fingerprint density at radius 3 is 2.82 bits per heavy atom. The molecule has 0 unspecified atom stereocenters. The number of carbonyl (C=O) groups is 1. The monoisotopic (exact) mass is 570 g/mol. The van der Waals surface area contributed by atoms with E-state index in [4.69, 9.17) is 16.3 Å². The molecule has 2 aromatic carbocycles. The number of anilines is 1. The van der Waals surface area contributed by atoms with Crippen molar-refractivity contribution in [2.75, 3.05) is 24.6 Å². The lowest BCUT2D eigenvalue weighted by atomic mass is 9.68. The Morgan fingerprint density at radius 2 is 2.03 bits per heavy atom. The molecule has 1 amide bonds. The van der Waals surface area contributed by atoms with Crippen LogP contribution >= 0.6 is 11.6 Å². The fourth-order valence-electron chi connectivity index (χ4n) is 6.78. The van der Waals surface area contributed by atoms with Crippen molar-refractivity contribution in [3.8, 4) is 5.75 Å². The molecule has 9 heteroatoms. The van der Waals surface area contributed by atoms with Gasteiger partial charge >= 0.3 is 0 Å². The SMILES string of the molecule is C[C@H]1C/C=C\[C@H](O)[C@@H]2CC[C@H]2CN2C[C@@]3(CCCc4cc(Cl)ccc43)COc3ccc(cc32)C(=O)NS1(=O)=O. The molecular formula is C30H35ClN2O5S. The number of allylic oxidation sites excluding steroid dienone is 1. The number of halogens is 1. The van der Waals surface area contributed by atoms with E-state index < -0.39 is 27.3 Å². The number of nitrogens with zero attached hydrogens (tertiary/aromatic N) is 1. The van der Waals surface area contributed by atoms with E-state index in [1.807, 2.05) is 6.07 Å². The lowest BCUT2D eigenvalue weighted by Crippen LogP contribution is -2.49. The van der Waals surface area contributed by atoms with Crippen molar-refractivity contribution in [2.45, 2.75) is 62.2 Å². The van der Waals surface area contributed by atoms with Crippen LogP contribution in [0.1, 0.15) is 60.5 Å². The molecule has 6 rings (SSSR count). The van der Waals surface area contributed by atoms with E-state index in [9.17, 15) is 18.3 Å². The maximum atomic E-state index is 13.1.